The van der Waals surface area contributed by atoms with E-state index in [-0.39, 0.29) is 30.8 Å². The van der Waals surface area contributed by atoms with E-state index in [9.17, 15) is 18.8 Å². The van der Waals surface area contributed by atoms with Crippen LogP contribution in [0.2, 0.25) is 0 Å². The van der Waals surface area contributed by atoms with E-state index in [1.165, 1.54) is 11.0 Å². The highest BCUT2D eigenvalue weighted by Gasteiger charge is 2.28. The van der Waals surface area contributed by atoms with Crippen LogP contribution in [0, 0.1) is 11.7 Å². The van der Waals surface area contributed by atoms with E-state index >= 15 is 0 Å². The van der Waals surface area contributed by atoms with Crippen LogP contribution in [-0.4, -0.2) is 41.0 Å². The minimum Gasteiger partial charge on any atom is -0.481 e. The van der Waals surface area contributed by atoms with Gasteiger partial charge in [0.2, 0.25) is 0 Å². The average molecular weight is 399 g/mol. The first kappa shape index (κ1) is 20.3. The number of carboxylic acids is 1. The van der Waals surface area contributed by atoms with E-state index in [1.54, 1.807) is 42.5 Å². The number of nitrogens with one attached hydrogen (secondary N) is 2. The minimum atomic E-state index is -0.895. The second kappa shape index (κ2) is 9.18. The molecule has 0 spiro atoms. The van der Waals surface area contributed by atoms with Gasteiger partial charge >= 0.3 is 12.0 Å². The zero-order chi connectivity index (χ0) is 20.8. The van der Waals surface area contributed by atoms with Gasteiger partial charge in [0, 0.05) is 36.4 Å². The first-order valence-corrected chi connectivity index (χ1v) is 9.34. The Labute approximate surface area is 167 Å². The number of urea groups is 1. The predicted molar refractivity (Wildman–Crippen MR) is 105 cm³/mol. The maximum absolute atomic E-state index is 13.6. The van der Waals surface area contributed by atoms with Gasteiger partial charge in [-0.05, 0) is 43.2 Å². The average Bonchev–Trinajstić information content (AvgIpc) is 2.73. The van der Waals surface area contributed by atoms with Crippen LogP contribution < -0.4 is 10.6 Å². The molecule has 0 aromatic heterocycles. The Morgan fingerprint density at radius 1 is 1.10 bits per heavy atom. The number of nitrogens with zero attached hydrogens (tertiary/aromatic N) is 1. The molecule has 7 nitrogen and oxygen atoms in total. The number of anilines is 1. The Balaban J connectivity index is 1.54. The van der Waals surface area contributed by atoms with E-state index < -0.39 is 11.9 Å². The smallest absolute Gasteiger partial charge is 0.321 e. The molecule has 29 heavy (non-hydrogen) atoms. The van der Waals surface area contributed by atoms with E-state index in [2.05, 4.69) is 10.6 Å². The van der Waals surface area contributed by atoms with Crippen molar-refractivity contribution in [2.45, 2.75) is 19.4 Å². The van der Waals surface area contributed by atoms with Gasteiger partial charge in [-0.15, -0.1) is 0 Å². The fraction of sp³-hybridized carbons (Fsp3) is 0.286. The lowest BCUT2D eigenvalue weighted by Gasteiger charge is -2.30. The lowest BCUT2D eigenvalue weighted by molar-refractivity contribution is -0.143. The predicted octanol–water partition coefficient (Wildman–Crippen LogP) is 3.08. The van der Waals surface area contributed by atoms with Crippen LogP contribution in [-0.2, 0) is 11.3 Å². The molecule has 1 aliphatic heterocycles. The first-order chi connectivity index (χ1) is 13.9. The van der Waals surface area contributed by atoms with E-state index in [1.807, 2.05) is 0 Å². The van der Waals surface area contributed by atoms with Crippen LogP contribution in [0.4, 0.5) is 14.9 Å². The number of piperidine rings is 1. The van der Waals surface area contributed by atoms with Gasteiger partial charge in [0.1, 0.15) is 5.82 Å². The molecule has 2 aromatic rings. The third-order valence-corrected chi connectivity index (χ3v) is 4.85. The van der Waals surface area contributed by atoms with Gasteiger partial charge in [0.25, 0.3) is 5.91 Å². The van der Waals surface area contributed by atoms with Crippen molar-refractivity contribution in [3.8, 4) is 0 Å². The Bertz CT molecular complexity index is 901. The summed E-state index contributed by atoms with van der Waals surface area (Å²) in [7, 11) is 0. The molecule has 1 fully saturated rings. The molecule has 1 heterocycles. The molecule has 1 saturated heterocycles. The molecule has 0 radical (unpaired) electrons. The zero-order valence-electron chi connectivity index (χ0n) is 15.7. The van der Waals surface area contributed by atoms with Crippen LogP contribution in [0.3, 0.4) is 0 Å². The van der Waals surface area contributed by atoms with E-state index in [4.69, 9.17) is 5.11 Å². The Hall–Kier alpha value is -3.42. The molecule has 3 amide bonds. The second-order valence-electron chi connectivity index (χ2n) is 6.90. The van der Waals surface area contributed by atoms with Gasteiger partial charge in [-0.2, -0.15) is 0 Å². The highest BCUT2D eigenvalue weighted by atomic mass is 19.1. The van der Waals surface area contributed by atoms with Crippen molar-refractivity contribution in [1.29, 1.82) is 0 Å². The van der Waals surface area contributed by atoms with Crippen molar-refractivity contribution >= 4 is 23.6 Å². The Morgan fingerprint density at radius 3 is 2.52 bits per heavy atom. The summed E-state index contributed by atoms with van der Waals surface area (Å²) in [5.74, 6) is -2.18. The van der Waals surface area contributed by atoms with Crippen molar-refractivity contribution in [1.82, 2.24) is 10.2 Å². The molecule has 3 rings (SSSR count). The summed E-state index contributed by atoms with van der Waals surface area (Å²) in [5.41, 5.74) is 1.27. The highest BCUT2D eigenvalue weighted by molar-refractivity contribution is 5.95. The number of carbonyl (C=O) groups excluding carboxylic acids is 2. The lowest BCUT2D eigenvalue weighted by Crippen LogP contribution is -2.44. The Morgan fingerprint density at radius 2 is 1.83 bits per heavy atom. The summed E-state index contributed by atoms with van der Waals surface area (Å²) in [6, 6.07) is 12.1. The SMILES string of the molecule is O=C(NCc1ccccc1F)c1ccc(NC(=O)N2CCCC(C(=O)O)C2)cc1. The third kappa shape index (κ3) is 5.31. The summed E-state index contributed by atoms with van der Waals surface area (Å²) >= 11 is 0. The molecular weight excluding hydrogens is 377 g/mol. The number of likely N-dealkylation sites (tertiary alicyclic amines) is 1. The molecule has 0 saturated carbocycles. The number of benzene rings is 2. The number of halogens is 1. The van der Waals surface area contributed by atoms with Crippen LogP contribution in [0.5, 0.6) is 0 Å². The molecule has 3 N–H and O–H groups in total. The number of carboxylic acid groups (broad SMARTS) is 1. The molecule has 0 aliphatic carbocycles. The summed E-state index contributed by atoms with van der Waals surface area (Å²) in [6.45, 7) is 0.757. The molecule has 0 bridgehead atoms. The molecule has 1 aliphatic rings. The normalized spacial score (nSPS) is 16.2. The van der Waals surface area contributed by atoms with Crippen molar-refractivity contribution in [2.24, 2.45) is 5.92 Å². The molecular formula is C21H22FN3O4. The second-order valence-corrected chi connectivity index (χ2v) is 6.90. The van der Waals surface area contributed by atoms with Crippen molar-refractivity contribution in [3.63, 3.8) is 0 Å². The topological polar surface area (TPSA) is 98.7 Å². The van der Waals surface area contributed by atoms with Crippen LogP contribution in [0.25, 0.3) is 0 Å². The fourth-order valence-corrected chi connectivity index (χ4v) is 3.19. The maximum Gasteiger partial charge on any atom is 0.321 e. The molecule has 1 unspecified atom stereocenters. The molecule has 2 aromatic carbocycles. The van der Waals surface area contributed by atoms with Gasteiger partial charge in [0.05, 0.1) is 5.92 Å². The molecule has 8 heteroatoms. The summed E-state index contributed by atoms with van der Waals surface area (Å²) in [5, 5.41) is 14.5. The summed E-state index contributed by atoms with van der Waals surface area (Å²) in [6.07, 6.45) is 1.21. The fourth-order valence-electron chi connectivity index (χ4n) is 3.19. The number of aliphatic carboxylic acids is 1. The van der Waals surface area contributed by atoms with Crippen molar-refractivity contribution in [2.75, 3.05) is 18.4 Å². The minimum absolute atomic E-state index is 0.0731. The first-order valence-electron chi connectivity index (χ1n) is 9.34. The van der Waals surface area contributed by atoms with Crippen LogP contribution in [0.1, 0.15) is 28.8 Å². The highest BCUT2D eigenvalue weighted by Crippen LogP contribution is 2.18. The van der Waals surface area contributed by atoms with Gasteiger partial charge in [-0.25, -0.2) is 9.18 Å². The number of carbonyl (C=O) groups is 3. The van der Waals surface area contributed by atoms with Crippen molar-refractivity contribution in [3.05, 3.63) is 65.5 Å². The van der Waals surface area contributed by atoms with Gasteiger partial charge in [-0.3, -0.25) is 9.59 Å². The quantitative estimate of drug-likeness (QED) is 0.720. The summed E-state index contributed by atoms with van der Waals surface area (Å²) in [4.78, 5) is 37.2. The van der Waals surface area contributed by atoms with Gasteiger partial charge in [-0.1, -0.05) is 18.2 Å². The number of rotatable bonds is 5. The van der Waals surface area contributed by atoms with Crippen LogP contribution >= 0.6 is 0 Å². The number of hydrogen-bond donors (Lipinski definition) is 3. The maximum atomic E-state index is 13.6. The molecule has 152 valence electrons. The van der Waals surface area contributed by atoms with E-state index in [0.717, 1.165) is 0 Å². The summed E-state index contributed by atoms with van der Waals surface area (Å²) < 4.78 is 13.6. The third-order valence-electron chi connectivity index (χ3n) is 4.85. The largest absolute Gasteiger partial charge is 0.481 e. The zero-order valence-corrected chi connectivity index (χ0v) is 15.7. The molecule has 1 atom stereocenters. The Kier molecular flexibility index (Phi) is 6.43. The monoisotopic (exact) mass is 399 g/mol. The standard InChI is InChI=1S/C21H22FN3O4/c22-18-6-2-1-4-15(18)12-23-19(26)14-7-9-17(10-8-14)24-21(29)25-11-3-5-16(13-25)20(27)28/h1-2,4,6-10,16H,3,5,11-13H2,(H,23,26)(H,24,29)(H,27,28). The number of amides is 3. The van der Waals surface area contributed by atoms with E-state index in [0.29, 0.717) is 36.2 Å². The van der Waals surface area contributed by atoms with Crippen molar-refractivity contribution < 1.29 is 23.9 Å². The van der Waals surface area contributed by atoms with Gasteiger partial charge < -0.3 is 20.6 Å². The number of hydrogen-bond acceptors (Lipinski definition) is 3. The van der Waals surface area contributed by atoms with Crippen LogP contribution in [0.15, 0.2) is 48.5 Å². The lowest BCUT2D eigenvalue weighted by atomic mass is 9.99. The van der Waals surface area contributed by atoms with Gasteiger partial charge in [0.15, 0.2) is 0 Å².